The normalized spacial score (nSPS) is 26.7. The summed E-state index contributed by atoms with van der Waals surface area (Å²) in [6, 6.07) is -0.316. The SMILES string of the molecule is C[C@@H]1OCCN(C(=O)OC(C)(C)C)[C@H]1CO. The van der Waals surface area contributed by atoms with Crippen molar-refractivity contribution < 1.29 is 19.4 Å². The molecule has 0 aromatic heterocycles. The monoisotopic (exact) mass is 231 g/mol. The predicted octanol–water partition coefficient (Wildman–Crippen LogP) is 1.00. The van der Waals surface area contributed by atoms with Gasteiger partial charge in [0.05, 0.1) is 25.4 Å². The van der Waals surface area contributed by atoms with Crippen molar-refractivity contribution in [1.82, 2.24) is 4.90 Å². The quantitative estimate of drug-likeness (QED) is 0.731. The fourth-order valence-electron chi connectivity index (χ4n) is 1.66. The summed E-state index contributed by atoms with van der Waals surface area (Å²) in [5, 5.41) is 9.25. The fraction of sp³-hybridized carbons (Fsp3) is 0.909. The Morgan fingerprint density at radius 3 is 2.69 bits per heavy atom. The van der Waals surface area contributed by atoms with Gasteiger partial charge in [-0.2, -0.15) is 0 Å². The third kappa shape index (κ3) is 3.35. The molecule has 1 rings (SSSR count). The minimum Gasteiger partial charge on any atom is -0.444 e. The van der Waals surface area contributed by atoms with Crippen molar-refractivity contribution >= 4 is 6.09 Å². The van der Waals surface area contributed by atoms with Crippen LogP contribution in [0.5, 0.6) is 0 Å². The largest absolute Gasteiger partial charge is 0.444 e. The number of rotatable bonds is 1. The van der Waals surface area contributed by atoms with Gasteiger partial charge < -0.3 is 14.6 Å². The second kappa shape index (κ2) is 5.01. The smallest absolute Gasteiger partial charge is 0.410 e. The Morgan fingerprint density at radius 1 is 1.56 bits per heavy atom. The van der Waals surface area contributed by atoms with Gasteiger partial charge in [-0.05, 0) is 27.7 Å². The first-order valence-corrected chi connectivity index (χ1v) is 5.57. The van der Waals surface area contributed by atoms with E-state index in [0.29, 0.717) is 13.2 Å². The number of hydrogen-bond acceptors (Lipinski definition) is 4. The Hall–Kier alpha value is -0.810. The highest BCUT2D eigenvalue weighted by molar-refractivity contribution is 5.68. The summed E-state index contributed by atoms with van der Waals surface area (Å²) < 4.78 is 10.7. The average molecular weight is 231 g/mol. The minimum atomic E-state index is -0.515. The van der Waals surface area contributed by atoms with Gasteiger partial charge >= 0.3 is 6.09 Å². The zero-order chi connectivity index (χ0) is 12.3. The highest BCUT2D eigenvalue weighted by Crippen LogP contribution is 2.17. The summed E-state index contributed by atoms with van der Waals surface area (Å²) in [7, 11) is 0. The fourth-order valence-corrected chi connectivity index (χ4v) is 1.66. The van der Waals surface area contributed by atoms with Crippen molar-refractivity contribution in [3.63, 3.8) is 0 Å². The number of carbonyl (C=O) groups excluding carboxylic acids is 1. The zero-order valence-electron chi connectivity index (χ0n) is 10.4. The maximum atomic E-state index is 11.9. The minimum absolute atomic E-state index is 0.111. The van der Waals surface area contributed by atoms with Crippen LogP contribution in [0.25, 0.3) is 0 Å². The molecule has 16 heavy (non-hydrogen) atoms. The third-order valence-corrected chi connectivity index (χ3v) is 2.47. The van der Waals surface area contributed by atoms with E-state index in [1.807, 2.05) is 27.7 Å². The van der Waals surface area contributed by atoms with Crippen molar-refractivity contribution in [3.05, 3.63) is 0 Å². The number of ether oxygens (including phenoxy) is 2. The van der Waals surface area contributed by atoms with E-state index in [2.05, 4.69) is 0 Å². The maximum absolute atomic E-state index is 11.9. The first kappa shape index (κ1) is 13.3. The van der Waals surface area contributed by atoms with E-state index < -0.39 is 5.60 Å². The molecule has 1 saturated heterocycles. The van der Waals surface area contributed by atoms with Crippen molar-refractivity contribution in [2.75, 3.05) is 19.8 Å². The van der Waals surface area contributed by atoms with Gasteiger partial charge in [0, 0.05) is 6.54 Å². The molecule has 0 saturated carbocycles. The summed E-state index contributed by atoms with van der Waals surface area (Å²) in [6.07, 6.45) is -0.548. The number of aliphatic hydroxyl groups excluding tert-OH is 1. The van der Waals surface area contributed by atoms with Crippen LogP contribution < -0.4 is 0 Å². The van der Waals surface area contributed by atoms with Gasteiger partial charge in [-0.3, -0.25) is 4.90 Å². The Kier molecular flexibility index (Phi) is 4.15. The maximum Gasteiger partial charge on any atom is 0.410 e. The molecule has 0 aromatic rings. The van der Waals surface area contributed by atoms with Gasteiger partial charge in [-0.1, -0.05) is 0 Å². The molecule has 0 bridgehead atoms. The molecule has 0 aromatic carbocycles. The van der Waals surface area contributed by atoms with E-state index in [-0.39, 0.29) is 24.8 Å². The molecule has 1 aliphatic heterocycles. The van der Waals surface area contributed by atoms with Gasteiger partial charge in [-0.15, -0.1) is 0 Å². The summed E-state index contributed by atoms with van der Waals surface area (Å²) in [6.45, 7) is 8.15. The molecule has 2 atom stereocenters. The lowest BCUT2D eigenvalue weighted by Gasteiger charge is -2.39. The summed E-state index contributed by atoms with van der Waals surface area (Å²) in [5.41, 5.74) is -0.515. The predicted molar refractivity (Wildman–Crippen MR) is 59.2 cm³/mol. The van der Waals surface area contributed by atoms with Crippen LogP contribution in [0.2, 0.25) is 0 Å². The van der Waals surface area contributed by atoms with Crippen molar-refractivity contribution in [2.45, 2.75) is 45.4 Å². The van der Waals surface area contributed by atoms with Crippen molar-refractivity contribution in [3.8, 4) is 0 Å². The summed E-state index contributed by atoms with van der Waals surface area (Å²) in [5.74, 6) is 0. The van der Waals surface area contributed by atoms with Gasteiger partial charge in [0.15, 0.2) is 0 Å². The molecule has 0 radical (unpaired) electrons. The molecule has 1 fully saturated rings. The molecule has 94 valence electrons. The standard InChI is InChI=1S/C11H21NO4/c1-8-9(7-13)12(5-6-15-8)10(14)16-11(2,3)4/h8-9,13H,5-7H2,1-4H3/t8-,9-/m0/s1. The molecular weight excluding hydrogens is 210 g/mol. The van der Waals surface area contributed by atoms with E-state index >= 15 is 0 Å². The number of morpholine rings is 1. The molecule has 1 amide bonds. The van der Waals surface area contributed by atoms with Gasteiger partial charge in [-0.25, -0.2) is 4.79 Å². The first-order valence-electron chi connectivity index (χ1n) is 5.57. The topological polar surface area (TPSA) is 59.0 Å². The van der Waals surface area contributed by atoms with Crippen LogP contribution in [0, 0.1) is 0 Å². The number of carbonyl (C=O) groups is 1. The lowest BCUT2D eigenvalue weighted by Crippen LogP contribution is -2.55. The van der Waals surface area contributed by atoms with E-state index in [1.54, 1.807) is 4.90 Å². The number of aliphatic hydroxyl groups is 1. The summed E-state index contributed by atoms with van der Waals surface area (Å²) >= 11 is 0. The van der Waals surface area contributed by atoms with Crippen LogP contribution in [-0.2, 0) is 9.47 Å². The molecule has 0 unspecified atom stereocenters. The van der Waals surface area contributed by atoms with E-state index in [9.17, 15) is 9.90 Å². The second-order valence-corrected chi connectivity index (χ2v) is 5.00. The lowest BCUT2D eigenvalue weighted by molar-refractivity contribution is -0.0809. The van der Waals surface area contributed by atoms with Crippen LogP contribution in [0.15, 0.2) is 0 Å². The molecular formula is C11H21NO4. The Morgan fingerprint density at radius 2 is 2.19 bits per heavy atom. The van der Waals surface area contributed by atoms with Crippen LogP contribution in [-0.4, -0.2) is 53.6 Å². The molecule has 0 spiro atoms. The Bertz CT molecular complexity index is 249. The van der Waals surface area contributed by atoms with Crippen LogP contribution in [0.1, 0.15) is 27.7 Å². The Balaban J connectivity index is 2.66. The summed E-state index contributed by atoms with van der Waals surface area (Å²) in [4.78, 5) is 13.4. The molecule has 5 nitrogen and oxygen atoms in total. The number of amides is 1. The molecule has 1 heterocycles. The van der Waals surface area contributed by atoms with E-state index in [4.69, 9.17) is 9.47 Å². The lowest BCUT2D eigenvalue weighted by atomic mass is 10.1. The van der Waals surface area contributed by atoms with Gasteiger partial charge in [0.25, 0.3) is 0 Å². The van der Waals surface area contributed by atoms with E-state index in [0.717, 1.165) is 0 Å². The molecule has 1 aliphatic rings. The van der Waals surface area contributed by atoms with Gasteiger partial charge in [0.1, 0.15) is 5.60 Å². The highest BCUT2D eigenvalue weighted by atomic mass is 16.6. The molecule has 5 heteroatoms. The second-order valence-electron chi connectivity index (χ2n) is 5.00. The number of nitrogens with zero attached hydrogens (tertiary/aromatic N) is 1. The van der Waals surface area contributed by atoms with Gasteiger partial charge in [0.2, 0.25) is 0 Å². The highest BCUT2D eigenvalue weighted by Gasteiger charge is 2.34. The van der Waals surface area contributed by atoms with Crippen LogP contribution in [0.4, 0.5) is 4.79 Å². The number of hydrogen-bond donors (Lipinski definition) is 1. The van der Waals surface area contributed by atoms with Crippen LogP contribution >= 0.6 is 0 Å². The van der Waals surface area contributed by atoms with Crippen LogP contribution in [0.3, 0.4) is 0 Å². The van der Waals surface area contributed by atoms with Crippen molar-refractivity contribution in [2.24, 2.45) is 0 Å². The Labute approximate surface area is 96.3 Å². The first-order chi connectivity index (χ1) is 7.35. The zero-order valence-corrected chi connectivity index (χ0v) is 10.4. The van der Waals surface area contributed by atoms with Crippen molar-refractivity contribution in [1.29, 1.82) is 0 Å². The third-order valence-electron chi connectivity index (χ3n) is 2.47. The van der Waals surface area contributed by atoms with E-state index in [1.165, 1.54) is 0 Å². The molecule has 0 aliphatic carbocycles. The average Bonchev–Trinajstić information content (AvgIpc) is 2.14. The molecule has 1 N–H and O–H groups in total.